The summed E-state index contributed by atoms with van der Waals surface area (Å²) >= 11 is 1.15. The van der Waals surface area contributed by atoms with Crippen LogP contribution in [0.4, 0.5) is 13.2 Å². The lowest BCUT2D eigenvalue weighted by molar-refractivity contribution is 0.386. The molecule has 112 valence electrons. The highest BCUT2D eigenvalue weighted by Crippen LogP contribution is 2.28. The van der Waals surface area contributed by atoms with Crippen molar-refractivity contribution in [3.63, 3.8) is 0 Å². The molecule has 0 radical (unpaired) electrons. The van der Waals surface area contributed by atoms with Crippen molar-refractivity contribution < 1.29 is 17.9 Å². The van der Waals surface area contributed by atoms with E-state index >= 15 is 0 Å². The molecule has 0 amide bonds. The van der Waals surface area contributed by atoms with E-state index in [2.05, 4.69) is 0 Å². The molecular weight excluding hydrogens is 299 g/mol. The van der Waals surface area contributed by atoms with E-state index in [1.807, 2.05) is 0 Å². The number of thioether (sulfide) groups is 1. The van der Waals surface area contributed by atoms with Gasteiger partial charge in [0.1, 0.15) is 11.6 Å². The van der Waals surface area contributed by atoms with Crippen LogP contribution in [0.2, 0.25) is 0 Å². The van der Waals surface area contributed by atoms with Gasteiger partial charge in [-0.05, 0) is 29.8 Å². The molecular formula is C15H14F3NOS. The summed E-state index contributed by atoms with van der Waals surface area (Å²) in [5, 5.41) is 0. The summed E-state index contributed by atoms with van der Waals surface area (Å²) < 4.78 is 44.7. The van der Waals surface area contributed by atoms with Crippen LogP contribution in [-0.2, 0) is 0 Å². The molecule has 0 bridgehead atoms. The quantitative estimate of drug-likeness (QED) is 0.850. The van der Waals surface area contributed by atoms with Gasteiger partial charge < -0.3 is 10.5 Å². The highest BCUT2D eigenvalue weighted by atomic mass is 32.2. The van der Waals surface area contributed by atoms with Gasteiger partial charge in [0.2, 0.25) is 0 Å². The summed E-state index contributed by atoms with van der Waals surface area (Å²) in [5.41, 5.74) is 6.54. The van der Waals surface area contributed by atoms with Crippen molar-refractivity contribution in [3.05, 3.63) is 59.4 Å². The van der Waals surface area contributed by atoms with Crippen LogP contribution in [0.3, 0.4) is 0 Å². The molecule has 1 atom stereocenters. The molecule has 2 aromatic rings. The first-order chi connectivity index (χ1) is 10.0. The van der Waals surface area contributed by atoms with Gasteiger partial charge in [0, 0.05) is 22.8 Å². The largest absolute Gasteiger partial charge is 0.494 e. The first-order valence-electron chi connectivity index (χ1n) is 6.18. The maximum atomic E-state index is 13.6. The third-order valence-corrected chi connectivity index (χ3v) is 4.08. The summed E-state index contributed by atoms with van der Waals surface area (Å²) in [6.07, 6.45) is 0. The van der Waals surface area contributed by atoms with Crippen LogP contribution in [0.25, 0.3) is 0 Å². The van der Waals surface area contributed by atoms with Gasteiger partial charge in [0.15, 0.2) is 11.6 Å². The van der Waals surface area contributed by atoms with Gasteiger partial charge in [-0.2, -0.15) is 0 Å². The second-order valence-electron chi connectivity index (χ2n) is 4.39. The zero-order valence-electron chi connectivity index (χ0n) is 11.3. The molecule has 0 aliphatic rings. The molecule has 0 spiro atoms. The number of nitrogens with two attached hydrogens (primary N) is 1. The third kappa shape index (κ3) is 3.92. The number of ether oxygens (including phenoxy) is 1. The lowest BCUT2D eigenvalue weighted by Crippen LogP contribution is -2.13. The van der Waals surface area contributed by atoms with Gasteiger partial charge in [-0.3, -0.25) is 0 Å². The standard InChI is InChI=1S/C15H14F3NOS/c1-20-14-4-2-9(6-11(14)17)13(19)8-21-15-5-3-10(16)7-12(15)18/h2-7,13H,8,19H2,1H3. The second-order valence-corrected chi connectivity index (χ2v) is 5.45. The predicted octanol–water partition coefficient (Wildman–Crippen LogP) is 3.90. The predicted molar refractivity (Wildman–Crippen MR) is 77.0 cm³/mol. The van der Waals surface area contributed by atoms with E-state index in [0.29, 0.717) is 16.2 Å². The number of hydrogen-bond acceptors (Lipinski definition) is 3. The maximum absolute atomic E-state index is 13.6. The van der Waals surface area contributed by atoms with Gasteiger partial charge in [-0.1, -0.05) is 6.07 Å². The Morgan fingerprint density at radius 3 is 2.48 bits per heavy atom. The molecule has 0 saturated carbocycles. The Balaban J connectivity index is 2.04. The van der Waals surface area contributed by atoms with Crippen molar-refractivity contribution in [1.29, 1.82) is 0 Å². The summed E-state index contributed by atoms with van der Waals surface area (Å²) in [6, 6.07) is 7.34. The summed E-state index contributed by atoms with van der Waals surface area (Å²) in [4.78, 5) is 0.306. The van der Waals surface area contributed by atoms with Gasteiger partial charge in [-0.15, -0.1) is 11.8 Å². The number of halogens is 3. The van der Waals surface area contributed by atoms with E-state index in [0.717, 1.165) is 17.8 Å². The molecule has 6 heteroatoms. The van der Waals surface area contributed by atoms with Gasteiger partial charge >= 0.3 is 0 Å². The second kappa shape index (κ2) is 6.87. The Morgan fingerprint density at radius 2 is 1.86 bits per heavy atom. The van der Waals surface area contributed by atoms with Crippen LogP contribution >= 0.6 is 11.8 Å². The SMILES string of the molecule is COc1ccc(C(N)CSc2ccc(F)cc2F)cc1F. The Bertz CT molecular complexity index is 636. The zero-order chi connectivity index (χ0) is 15.4. The van der Waals surface area contributed by atoms with E-state index in [9.17, 15) is 13.2 Å². The molecule has 0 fully saturated rings. The molecule has 2 nitrogen and oxygen atoms in total. The zero-order valence-corrected chi connectivity index (χ0v) is 12.1. The molecule has 2 rings (SSSR count). The summed E-state index contributed by atoms with van der Waals surface area (Å²) in [7, 11) is 1.38. The van der Waals surface area contributed by atoms with Gasteiger partial charge in [0.05, 0.1) is 7.11 Å². The van der Waals surface area contributed by atoms with E-state index in [-0.39, 0.29) is 5.75 Å². The lowest BCUT2D eigenvalue weighted by Gasteiger charge is -2.13. The molecule has 0 aliphatic carbocycles. The Kier molecular flexibility index (Phi) is 5.14. The highest BCUT2D eigenvalue weighted by Gasteiger charge is 2.12. The number of hydrogen-bond donors (Lipinski definition) is 1. The third-order valence-electron chi connectivity index (χ3n) is 2.92. The van der Waals surface area contributed by atoms with Gasteiger partial charge in [-0.25, -0.2) is 13.2 Å². The van der Waals surface area contributed by atoms with Crippen LogP contribution in [0.15, 0.2) is 41.3 Å². The van der Waals surface area contributed by atoms with Crippen LogP contribution in [0.5, 0.6) is 5.75 Å². The minimum Gasteiger partial charge on any atom is -0.494 e. The maximum Gasteiger partial charge on any atom is 0.165 e. The summed E-state index contributed by atoms with van der Waals surface area (Å²) in [5.74, 6) is -1.27. The van der Waals surface area contributed by atoms with Crippen molar-refractivity contribution in [1.82, 2.24) is 0 Å². The highest BCUT2D eigenvalue weighted by molar-refractivity contribution is 7.99. The molecule has 2 aromatic carbocycles. The first kappa shape index (κ1) is 15.7. The minimum atomic E-state index is -0.631. The number of methoxy groups -OCH3 is 1. The number of rotatable bonds is 5. The lowest BCUT2D eigenvalue weighted by atomic mass is 10.1. The van der Waals surface area contributed by atoms with Crippen molar-refractivity contribution in [3.8, 4) is 5.75 Å². The molecule has 1 unspecified atom stereocenters. The van der Waals surface area contributed by atoms with E-state index in [1.54, 1.807) is 6.07 Å². The van der Waals surface area contributed by atoms with Crippen LogP contribution in [0, 0.1) is 17.5 Å². The Labute approximate surface area is 125 Å². The average Bonchev–Trinajstić information content (AvgIpc) is 2.46. The van der Waals surface area contributed by atoms with Crippen molar-refractivity contribution in [2.45, 2.75) is 10.9 Å². The fourth-order valence-corrected chi connectivity index (χ4v) is 2.69. The average molecular weight is 313 g/mol. The van der Waals surface area contributed by atoms with Crippen LogP contribution in [0.1, 0.15) is 11.6 Å². The first-order valence-corrected chi connectivity index (χ1v) is 7.16. The molecule has 0 heterocycles. The molecule has 0 aromatic heterocycles. The van der Waals surface area contributed by atoms with Crippen molar-refractivity contribution in [2.24, 2.45) is 5.73 Å². The van der Waals surface area contributed by atoms with Gasteiger partial charge in [0.25, 0.3) is 0 Å². The van der Waals surface area contributed by atoms with E-state index in [1.165, 1.54) is 31.4 Å². The minimum absolute atomic E-state index is 0.142. The Hall–Kier alpha value is -1.66. The Morgan fingerprint density at radius 1 is 1.10 bits per heavy atom. The number of benzene rings is 2. The summed E-state index contributed by atoms with van der Waals surface area (Å²) in [6.45, 7) is 0. The normalized spacial score (nSPS) is 12.2. The smallest absolute Gasteiger partial charge is 0.165 e. The topological polar surface area (TPSA) is 35.2 Å². The van der Waals surface area contributed by atoms with Crippen LogP contribution < -0.4 is 10.5 Å². The van der Waals surface area contributed by atoms with E-state index < -0.39 is 23.5 Å². The molecule has 2 N–H and O–H groups in total. The fourth-order valence-electron chi connectivity index (χ4n) is 1.78. The molecule has 0 aliphatic heterocycles. The van der Waals surface area contributed by atoms with Crippen molar-refractivity contribution >= 4 is 11.8 Å². The molecule has 0 saturated heterocycles. The van der Waals surface area contributed by atoms with Crippen LogP contribution in [-0.4, -0.2) is 12.9 Å². The van der Waals surface area contributed by atoms with E-state index in [4.69, 9.17) is 10.5 Å². The molecule has 21 heavy (non-hydrogen) atoms. The van der Waals surface area contributed by atoms with Crippen molar-refractivity contribution in [2.75, 3.05) is 12.9 Å². The monoisotopic (exact) mass is 313 g/mol. The fraction of sp³-hybridized carbons (Fsp3) is 0.200.